The summed E-state index contributed by atoms with van der Waals surface area (Å²) in [5, 5.41) is 15.0. The number of carbonyl (C=O) groups is 1. The Labute approximate surface area is 194 Å². The van der Waals surface area contributed by atoms with Crippen molar-refractivity contribution in [3.05, 3.63) is 88.1 Å². The molecule has 34 heavy (non-hydrogen) atoms. The Balaban J connectivity index is 1.71. The number of hydrogen-bond donors (Lipinski definition) is 3. The number of fused-ring (bicyclic) bond motifs is 1. The summed E-state index contributed by atoms with van der Waals surface area (Å²) in [4.78, 5) is 26.4. The number of rotatable bonds is 7. The minimum absolute atomic E-state index is 0.0751. The van der Waals surface area contributed by atoms with Crippen molar-refractivity contribution in [2.75, 3.05) is 12.4 Å². The van der Waals surface area contributed by atoms with Crippen LogP contribution in [0, 0.1) is 17.0 Å². The predicted molar refractivity (Wildman–Crippen MR) is 127 cm³/mol. The number of non-ortho nitro benzene ring substituents is 1. The van der Waals surface area contributed by atoms with Gasteiger partial charge in [0.1, 0.15) is 17.0 Å². The number of aryl methyl sites for hydroxylation is 1. The molecule has 3 N–H and O–H groups in total. The number of nitro benzene ring substituents is 1. The summed E-state index contributed by atoms with van der Waals surface area (Å²) in [5.41, 5.74) is 1.68. The molecule has 0 radical (unpaired) electrons. The lowest BCUT2D eigenvalue weighted by atomic mass is 10.1. The van der Waals surface area contributed by atoms with E-state index in [4.69, 9.17) is 4.74 Å². The standard InChI is InChI=1S/C23H20N4O6S/c1-14-6-8-17(9-7-14)34(31,32)26-23(28)20-13-18-19(10-11-21(27(29)30)22(18)25-20)24-15-4-3-5-16(12-15)33-2/h3-13,24-25H,1-2H3,(H,26,28). The van der Waals surface area contributed by atoms with Gasteiger partial charge in [-0.3, -0.25) is 14.9 Å². The van der Waals surface area contributed by atoms with Crippen LogP contribution in [-0.4, -0.2) is 31.3 Å². The second kappa shape index (κ2) is 8.87. The number of aromatic amines is 1. The van der Waals surface area contributed by atoms with E-state index in [9.17, 15) is 23.3 Å². The molecular formula is C23H20N4O6S. The van der Waals surface area contributed by atoms with Crippen molar-refractivity contribution in [2.45, 2.75) is 11.8 Å². The van der Waals surface area contributed by atoms with Crippen molar-refractivity contribution in [1.29, 1.82) is 0 Å². The number of H-pyrrole nitrogens is 1. The molecule has 10 nitrogen and oxygen atoms in total. The van der Waals surface area contributed by atoms with E-state index in [1.807, 2.05) is 11.6 Å². The third-order valence-corrected chi connectivity index (χ3v) is 6.47. The Morgan fingerprint density at radius 2 is 1.79 bits per heavy atom. The van der Waals surface area contributed by atoms with E-state index in [0.717, 1.165) is 5.56 Å². The number of sulfonamides is 1. The fourth-order valence-corrected chi connectivity index (χ4v) is 4.36. The molecule has 4 aromatic rings. The van der Waals surface area contributed by atoms with Gasteiger partial charge in [-0.1, -0.05) is 23.8 Å². The molecule has 0 aliphatic heterocycles. The van der Waals surface area contributed by atoms with Crippen LogP contribution in [0.15, 0.2) is 71.6 Å². The van der Waals surface area contributed by atoms with Gasteiger partial charge in [0.05, 0.1) is 16.9 Å². The molecule has 0 fully saturated rings. The van der Waals surface area contributed by atoms with Gasteiger partial charge in [0.25, 0.3) is 21.6 Å². The second-order valence-electron chi connectivity index (χ2n) is 7.47. The second-order valence-corrected chi connectivity index (χ2v) is 9.15. The molecule has 0 bridgehead atoms. The first-order valence-corrected chi connectivity index (χ1v) is 11.5. The molecule has 0 aliphatic carbocycles. The Morgan fingerprint density at radius 1 is 1.06 bits per heavy atom. The van der Waals surface area contributed by atoms with Crippen LogP contribution in [0.4, 0.5) is 17.1 Å². The Morgan fingerprint density at radius 3 is 2.47 bits per heavy atom. The fourth-order valence-electron chi connectivity index (χ4n) is 3.40. The molecule has 3 aromatic carbocycles. The summed E-state index contributed by atoms with van der Waals surface area (Å²) in [6, 6.07) is 17.2. The molecule has 4 rings (SSSR count). The maximum absolute atomic E-state index is 12.8. The first kappa shape index (κ1) is 22.8. The van der Waals surface area contributed by atoms with E-state index in [0.29, 0.717) is 22.5 Å². The zero-order chi connectivity index (χ0) is 24.5. The summed E-state index contributed by atoms with van der Waals surface area (Å²) < 4.78 is 32.4. The summed E-state index contributed by atoms with van der Waals surface area (Å²) in [6.45, 7) is 1.81. The molecule has 1 aromatic heterocycles. The highest BCUT2D eigenvalue weighted by atomic mass is 32.2. The average molecular weight is 481 g/mol. The van der Waals surface area contributed by atoms with E-state index in [-0.39, 0.29) is 21.8 Å². The van der Waals surface area contributed by atoms with Crippen LogP contribution >= 0.6 is 0 Å². The molecule has 1 amide bonds. The van der Waals surface area contributed by atoms with Crippen molar-refractivity contribution in [2.24, 2.45) is 0 Å². The van der Waals surface area contributed by atoms with Crippen molar-refractivity contribution in [1.82, 2.24) is 9.71 Å². The highest BCUT2D eigenvalue weighted by Crippen LogP contribution is 2.34. The number of hydrogen-bond acceptors (Lipinski definition) is 7. The number of ether oxygens (including phenoxy) is 1. The normalized spacial score (nSPS) is 11.2. The lowest BCUT2D eigenvalue weighted by Gasteiger charge is -2.09. The molecule has 0 unspecified atom stereocenters. The summed E-state index contributed by atoms with van der Waals surface area (Å²) in [7, 11) is -2.60. The largest absolute Gasteiger partial charge is 0.497 e. The number of anilines is 2. The van der Waals surface area contributed by atoms with Crippen LogP contribution in [-0.2, 0) is 10.0 Å². The minimum Gasteiger partial charge on any atom is -0.497 e. The monoisotopic (exact) mass is 480 g/mol. The maximum Gasteiger partial charge on any atom is 0.293 e. The van der Waals surface area contributed by atoms with Crippen molar-refractivity contribution in [3.8, 4) is 5.75 Å². The number of aromatic nitrogens is 1. The lowest BCUT2D eigenvalue weighted by Crippen LogP contribution is -2.30. The van der Waals surface area contributed by atoms with E-state index in [2.05, 4.69) is 10.3 Å². The quantitative estimate of drug-likeness (QED) is 0.265. The van der Waals surface area contributed by atoms with Gasteiger partial charge in [-0.2, -0.15) is 0 Å². The molecule has 0 saturated heterocycles. The third kappa shape index (κ3) is 4.55. The van der Waals surface area contributed by atoms with Crippen molar-refractivity contribution >= 4 is 43.9 Å². The summed E-state index contributed by atoms with van der Waals surface area (Å²) in [5.74, 6) is -0.336. The summed E-state index contributed by atoms with van der Waals surface area (Å²) >= 11 is 0. The van der Waals surface area contributed by atoms with E-state index in [1.54, 1.807) is 36.4 Å². The van der Waals surface area contributed by atoms with Crippen LogP contribution in [0.5, 0.6) is 5.75 Å². The fraction of sp³-hybridized carbons (Fsp3) is 0.0870. The predicted octanol–water partition coefficient (Wildman–Crippen LogP) is 4.26. The number of nitrogens with zero attached hydrogens (tertiary/aromatic N) is 1. The smallest absolute Gasteiger partial charge is 0.293 e. The van der Waals surface area contributed by atoms with Crippen LogP contribution in [0.25, 0.3) is 10.9 Å². The van der Waals surface area contributed by atoms with E-state index < -0.39 is 20.9 Å². The van der Waals surface area contributed by atoms with Gasteiger partial charge in [-0.15, -0.1) is 0 Å². The van der Waals surface area contributed by atoms with E-state index >= 15 is 0 Å². The van der Waals surface area contributed by atoms with Crippen molar-refractivity contribution in [3.63, 3.8) is 0 Å². The van der Waals surface area contributed by atoms with Crippen LogP contribution < -0.4 is 14.8 Å². The van der Waals surface area contributed by atoms with Gasteiger partial charge >= 0.3 is 0 Å². The molecule has 0 aliphatic rings. The molecular weight excluding hydrogens is 460 g/mol. The third-order valence-electron chi connectivity index (χ3n) is 5.12. The Kier molecular flexibility index (Phi) is 5.95. The van der Waals surface area contributed by atoms with Crippen LogP contribution in [0.2, 0.25) is 0 Å². The van der Waals surface area contributed by atoms with Gasteiger partial charge < -0.3 is 15.0 Å². The number of nitrogens with one attached hydrogen (secondary N) is 3. The Hall–Kier alpha value is -4.38. The number of methoxy groups -OCH3 is 1. The average Bonchev–Trinajstić information content (AvgIpc) is 3.25. The maximum atomic E-state index is 12.8. The van der Waals surface area contributed by atoms with E-state index in [1.165, 1.54) is 37.4 Å². The van der Waals surface area contributed by atoms with Gasteiger partial charge in [-0.05, 0) is 43.3 Å². The number of amides is 1. The minimum atomic E-state index is -4.14. The van der Waals surface area contributed by atoms with Crippen molar-refractivity contribution < 1.29 is 22.9 Å². The molecule has 11 heteroatoms. The lowest BCUT2D eigenvalue weighted by molar-refractivity contribution is -0.383. The number of nitro groups is 1. The number of benzene rings is 3. The zero-order valence-electron chi connectivity index (χ0n) is 18.2. The highest BCUT2D eigenvalue weighted by Gasteiger charge is 2.23. The van der Waals surface area contributed by atoms with Gasteiger partial charge in [0, 0.05) is 28.9 Å². The number of carbonyl (C=O) groups excluding carboxylic acids is 1. The zero-order valence-corrected chi connectivity index (χ0v) is 19.0. The van der Waals surface area contributed by atoms with Gasteiger partial charge in [0.15, 0.2) is 0 Å². The topological polar surface area (TPSA) is 143 Å². The molecule has 1 heterocycles. The van der Waals surface area contributed by atoms with Crippen LogP contribution in [0.3, 0.4) is 0 Å². The molecule has 0 atom stereocenters. The molecule has 174 valence electrons. The highest BCUT2D eigenvalue weighted by molar-refractivity contribution is 7.90. The van der Waals surface area contributed by atoms with Crippen LogP contribution in [0.1, 0.15) is 16.1 Å². The van der Waals surface area contributed by atoms with Gasteiger partial charge in [-0.25, -0.2) is 13.1 Å². The SMILES string of the molecule is COc1cccc(Nc2ccc([N+](=O)[O-])c3[nH]c(C(=O)NS(=O)(=O)c4ccc(C)cc4)cc23)c1. The first-order chi connectivity index (χ1) is 16.2. The van der Waals surface area contributed by atoms with Gasteiger partial charge in [0.2, 0.25) is 0 Å². The molecule has 0 spiro atoms. The molecule has 0 saturated carbocycles. The first-order valence-electron chi connectivity index (χ1n) is 10.0. The summed E-state index contributed by atoms with van der Waals surface area (Å²) in [6.07, 6.45) is 0. The Bertz CT molecular complexity index is 1510.